The molecule has 0 N–H and O–H groups in total. The van der Waals surface area contributed by atoms with Gasteiger partial charge in [-0.25, -0.2) is 0 Å². The molecule has 5 heteroatoms. The molecule has 2 unspecified atom stereocenters. The van der Waals surface area contributed by atoms with E-state index >= 15 is 0 Å². The molecule has 0 amide bonds. The quantitative estimate of drug-likeness (QED) is 0.780. The smallest absolute Gasteiger partial charge is 0.163 e. The SMILES string of the molecule is COC(OC)C1(C)CCCN(CC2COc3ccccc3O2)C1. The van der Waals surface area contributed by atoms with Crippen molar-refractivity contribution < 1.29 is 18.9 Å². The van der Waals surface area contributed by atoms with Crippen molar-refractivity contribution >= 4 is 0 Å². The molecule has 1 aromatic rings. The highest BCUT2D eigenvalue weighted by Gasteiger charge is 2.39. The summed E-state index contributed by atoms with van der Waals surface area (Å²) < 4.78 is 22.9. The number of ether oxygens (including phenoxy) is 4. The summed E-state index contributed by atoms with van der Waals surface area (Å²) in [6, 6.07) is 7.86. The standard InChI is InChI=1S/C18H27NO4/c1-18(17(20-2)21-3)9-6-10-19(13-18)11-14-12-22-15-7-4-5-8-16(15)23-14/h4-5,7-8,14,17H,6,9-13H2,1-3H3. The van der Waals surface area contributed by atoms with Crippen LogP contribution in [0.25, 0.3) is 0 Å². The van der Waals surface area contributed by atoms with Gasteiger partial charge in [-0.2, -0.15) is 0 Å². The lowest BCUT2D eigenvalue weighted by Crippen LogP contribution is -2.52. The Hall–Kier alpha value is -1.30. The summed E-state index contributed by atoms with van der Waals surface area (Å²) in [7, 11) is 3.43. The molecule has 2 aliphatic rings. The topological polar surface area (TPSA) is 40.2 Å². The predicted octanol–water partition coefficient (Wildman–Crippen LogP) is 2.55. The molecular weight excluding hydrogens is 294 g/mol. The van der Waals surface area contributed by atoms with Crippen molar-refractivity contribution in [3.05, 3.63) is 24.3 Å². The number of likely N-dealkylation sites (tertiary alicyclic amines) is 1. The Labute approximate surface area is 138 Å². The molecule has 1 aromatic carbocycles. The van der Waals surface area contributed by atoms with E-state index in [1.165, 1.54) is 0 Å². The lowest BCUT2D eigenvalue weighted by molar-refractivity contribution is -0.189. The van der Waals surface area contributed by atoms with E-state index in [1.54, 1.807) is 14.2 Å². The summed E-state index contributed by atoms with van der Waals surface area (Å²) in [6.07, 6.45) is 2.15. The number of hydrogen-bond donors (Lipinski definition) is 0. The second-order valence-electron chi connectivity index (χ2n) is 6.79. The molecule has 0 radical (unpaired) electrons. The van der Waals surface area contributed by atoms with Gasteiger partial charge in [0, 0.05) is 32.7 Å². The van der Waals surface area contributed by atoms with Gasteiger partial charge in [0.1, 0.15) is 12.7 Å². The zero-order chi connectivity index (χ0) is 16.3. The first-order chi connectivity index (χ1) is 11.1. The van der Waals surface area contributed by atoms with Crippen molar-refractivity contribution in [2.75, 3.05) is 40.5 Å². The van der Waals surface area contributed by atoms with Crippen molar-refractivity contribution in [2.24, 2.45) is 5.41 Å². The van der Waals surface area contributed by atoms with Gasteiger partial charge in [0.2, 0.25) is 0 Å². The van der Waals surface area contributed by atoms with Gasteiger partial charge in [0.05, 0.1) is 0 Å². The van der Waals surface area contributed by atoms with E-state index in [4.69, 9.17) is 18.9 Å². The second-order valence-corrected chi connectivity index (χ2v) is 6.79. The van der Waals surface area contributed by atoms with E-state index in [1.807, 2.05) is 24.3 Å². The number of nitrogens with zero attached hydrogens (tertiary/aromatic N) is 1. The number of rotatable bonds is 5. The molecule has 0 spiro atoms. The minimum absolute atomic E-state index is 0.00911. The fourth-order valence-electron chi connectivity index (χ4n) is 3.83. The number of methoxy groups -OCH3 is 2. The molecule has 0 bridgehead atoms. The van der Waals surface area contributed by atoms with Gasteiger partial charge >= 0.3 is 0 Å². The number of piperidine rings is 1. The minimum Gasteiger partial charge on any atom is -0.486 e. The fraction of sp³-hybridized carbons (Fsp3) is 0.667. The van der Waals surface area contributed by atoms with E-state index in [0.717, 1.165) is 44.0 Å². The van der Waals surface area contributed by atoms with Crippen LogP contribution >= 0.6 is 0 Å². The monoisotopic (exact) mass is 321 g/mol. The average molecular weight is 321 g/mol. The van der Waals surface area contributed by atoms with E-state index in [2.05, 4.69) is 11.8 Å². The Morgan fingerprint density at radius 2 is 2.00 bits per heavy atom. The van der Waals surface area contributed by atoms with Crippen LogP contribution in [0.15, 0.2) is 24.3 Å². The molecule has 23 heavy (non-hydrogen) atoms. The first-order valence-electron chi connectivity index (χ1n) is 8.31. The van der Waals surface area contributed by atoms with Gasteiger partial charge in [-0.3, -0.25) is 4.90 Å². The van der Waals surface area contributed by atoms with Crippen molar-refractivity contribution in [2.45, 2.75) is 32.2 Å². The van der Waals surface area contributed by atoms with E-state index in [9.17, 15) is 0 Å². The molecule has 2 atom stereocenters. The van der Waals surface area contributed by atoms with Crippen LogP contribution in [0.3, 0.4) is 0 Å². The minimum atomic E-state index is -0.172. The molecule has 3 rings (SSSR count). The van der Waals surface area contributed by atoms with Crippen LogP contribution in [0.1, 0.15) is 19.8 Å². The van der Waals surface area contributed by atoms with Crippen LogP contribution in [0.4, 0.5) is 0 Å². The van der Waals surface area contributed by atoms with Crippen molar-refractivity contribution in [1.82, 2.24) is 4.90 Å². The summed E-state index contributed by atoms with van der Waals surface area (Å²) >= 11 is 0. The third-order valence-corrected chi connectivity index (χ3v) is 4.83. The van der Waals surface area contributed by atoms with Crippen LogP contribution in [0.5, 0.6) is 11.5 Å². The molecule has 0 aliphatic carbocycles. The van der Waals surface area contributed by atoms with E-state index < -0.39 is 0 Å². The Bertz CT molecular complexity index is 519. The van der Waals surface area contributed by atoms with Crippen molar-refractivity contribution in [3.63, 3.8) is 0 Å². The average Bonchev–Trinajstić information content (AvgIpc) is 2.56. The van der Waals surface area contributed by atoms with Gasteiger partial charge in [-0.15, -0.1) is 0 Å². The number of fused-ring (bicyclic) bond motifs is 1. The lowest BCUT2D eigenvalue weighted by Gasteiger charge is -2.44. The molecule has 2 aliphatic heterocycles. The summed E-state index contributed by atoms with van der Waals surface area (Å²) in [5, 5.41) is 0. The molecule has 128 valence electrons. The summed E-state index contributed by atoms with van der Waals surface area (Å²) in [5.41, 5.74) is 0.00911. The predicted molar refractivity (Wildman–Crippen MR) is 87.9 cm³/mol. The van der Waals surface area contributed by atoms with E-state index in [-0.39, 0.29) is 17.8 Å². The largest absolute Gasteiger partial charge is 0.486 e. The van der Waals surface area contributed by atoms with Gasteiger partial charge in [-0.1, -0.05) is 19.1 Å². The molecule has 1 fully saturated rings. The molecule has 0 saturated carbocycles. The lowest BCUT2D eigenvalue weighted by atomic mass is 9.81. The molecular formula is C18H27NO4. The number of para-hydroxylation sites is 2. The first-order valence-corrected chi connectivity index (χ1v) is 8.31. The normalized spacial score (nSPS) is 28.1. The Kier molecular flexibility index (Phi) is 5.09. The van der Waals surface area contributed by atoms with Gasteiger partial charge < -0.3 is 18.9 Å². The number of benzene rings is 1. The van der Waals surface area contributed by atoms with E-state index in [0.29, 0.717) is 6.61 Å². The van der Waals surface area contributed by atoms with Crippen LogP contribution in [0.2, 0.25) is 0 Å². The van der Waals surface area contributed by atoms with Crippen molar-refractivity contribution in [1.29, 1.82) is 0 Å². The Morgan fingerprint density at radius 1 is 1.26 bits per heavy atom. The van der Waals surface area contributed by atoms with Crippen LogP contribution in [-0.4, -0.2) is 57.8 Å². The highest BCUT2D eigenvalue weighted by molar-refractivity contribution is 5.40. The Balaban J connectivity index is 1.60. The summed E-state index contributed by atoms with van der Waals surface area (Å²) in [5.74, 6) is 1.68. The third-order valence-electron chi connectivity index (χ3n) is 4.83. The second kappa shape index (κ2) is 7.07. The maximum atomic E-state index is 6.09. The van der Waals surface area contributed by atoms with Gasteiger partial charge in [0.15, 0.2) is 17.8 Å². The van der Waals surface area contributed by atoms with Crippen LogP contribution in [0, 0.1) is 5.41 Å². The molecule has 5 nitrogen and oxygen atoms in total. The maximum Gasteiger partial charge on any atom is 0.163 e. The first kappa shape index (κ1) is 16.6. The summed E-state index contributed by atoms with van der Waals surface area (Å²) in [6.45, 7) is 5.73. The van der Waals surface area contributed by atoms with Crippen LogP contribution < -0.4 is 9.47 Å². The molecule has 1 saturated heterocycles. The zero-order valence-electron chi connectivity index (χ0n) is 14.3. The third kappa shape index (κ3) is 3.62. The zero-order valence-corrected chi connectivity index (χ0v) is 14.3. The fourth-order valence-corrected chi connectivity index (χ4v) is 3.83. The highest BCUT2D eigenvalue weighted by atomic mass is 16.7. The highest BCUT2D eigenvalue weighted by Crippen LogP contribution is 2.36. The maximum absolute atomic E-state index is 6.09. The van der Waals surface area contributed by atoms with Crippen LogP contribution in [-0.2, 0) is 9.47 Å². The van der Waals surface area contributed by atoms with Gasteiger partial charge in [-0.05, 0) is 31.5 Å². The molecule has 0 aromatic heterocycles. The summed E-state index contributed by atoms with van der Waals surface area (Å²) in [4.78, 5) is 2.44. The number of hydrogen-bond acceptors (Lipinski definition) is 5. The Morgan fingerprint density at radius 3 is 2.74 bits per heavy atom. The molecule has 2 heterocycles. The van der Waals surface area contributed by atoms with Crippen molar-refractivity contribution in [3.8, 4) is 11.5 Å². The van der Waals surface area contributed by atoms with Gasteiger partial charge in [0.25, 0.3) is 0 Å².